The van der Waals surface area contributed by atoms with Gasteiger partial charge in [0.2, 0.25) is 0 Å². The van der Waals surface area contributed by atoms with E-state index in [1.54, 1.807) is 7.11 Å². The molecule has 0 aliphatic carbocycles. The molecule has 0 radical (unpaired) electrons. The van der Waals surface area contributed by atoms with Crippen LogP contribution in [0.2, 0.25) is 0 Å². The van der Waals surface area contributed by atoms with Crippen molar-refractivity contribution in [3.8, 4) is 5.75 Å². The molecule has 0 aliphatic heterocycles. The van der Waals surface area contributed by atoms with E-state index in [0.717, 1.165) is 22.5 Å². The van der Waals surface area contributed by atoms with Gasteiger partial charge >= 0.3 is 0 Å². The first kappa shape index (κ1) is 13.9. The molecule has 0 saturated heterocycles. The molecule has 2 aromatic carbocycles. The van der Waals surface area contributed by atoms with E-state index in [-0.39, 0.29) is 0 Å². The molecule has 0 spiro atoms. The van der Waals surface area contributed by atoms with Gasteiger partial charge in [-0.2, -0.15) is 0 Å². The van der Waals surface area contributed by atoms with Gasteiger partial charge < -0.3 is 10.1 Å². The first-order valence-corrected chi connectivity index (χ1v) is 7.03. The van der Waals surface area contributed by atoms with Crippen LogP contribution in [0.4, 0.5) is 5.69 Å². The zero-order valence-electron chi connectivity index (χ0n) is 11.5. The van der Waals surface area contributed by atoms with Crippen molar-refractivity contribution in [1.82, 2.24) is 0 Å². The molecule has 19 heavy (non-hydrogen) atoms. The molecule has 0 heterocycles. The second-order valence-electron chi connectivity index (χ2n) is 4.63. The lowest BCUT2D eigenvalue weighted by molar-refractivity contribution is 0.412. The molecule has 0 bridgehead atoms. The predicted molar refractivity (Wildman–Crippen MR) is 83.9 cm³/mol. The number of hydrogen-bond donors (Lipinski definition) is 1. The van der Waals surface area contributed by atoms with Crippen LogP contribution < -0.4 is 10.1 Å². The van der Waals surface area contributed by atoms with Crippen LogP contribution in [0.1, 0.15) is 16.7 Å². The molecule has 2 rings (SSSR count). The third kappa shape index (κ3) is 3.51. The molecule has 0 amide bonds. The normalized spacial score (nSPS) is 10.3. The summed E-state index contributed by atoms with van der Waals surface area (Å²) >= 11 is 3.49. The van der Waals surface area contributed by atoms with Crippen molar-refractivity contribution in [3.05, 3.63) is 57.6 Å². The second kappa shape index (κ2) is 6.11. The minimum atomic E-state index is 0.826. The minimum absolute atomic E-state index is 0.826. The van der Waals surface area contributed by atoms with Gasteiger partial charge in [0, 0.05) is 12.2 Å². The van der Waals surface area contributed by atoms with E-state index in [2.05, 4.69) is 53.3 Å². The molecule has 3 heteroatoms. The molecular formula is C16H18BrNO. The summed E-state index contributed by atoms with van der Waals surface area (Å²) in [6.45, 7) is 5.08. The van der Waals surface area contributed by atoms with E-state index >= 15 is 0 Å². The number of nitrogens with one attached hydrogen (secondary N) is 1. The zero-order valence-corrected chi connectivity index (χ0v) is 13.0. The van der Waals surface area contributed by atoms with E-state index in [1.165, 1.54) is 16.7 Å². The molecule has 2 nitrogen and oxygen atoms in total. The maximum atomic E-state index is 5.22. The fourth-order valence-corrected chi connectivity index (χ4v) is 2.50. The van der Waals surface area contributed by atoms with Crippen molar-refractivity contribution in [2.75, 3.05) is 12.4 Å². The summed E-state index contributed by atoms with van der Waals surface area (Å²) in [7, 11) is 1.67. The number of anilines is 1. The van der Waals surface area contributed by atoms with Crippen LogP contribution in [0, 0.1) is 13.8 Å². The van der Waals surface area contributed by atoms with E-state index in [0.29, 0.717) is 0 Å². The number of benzene rings is 2. The second-order valence-corrected chi connectivity index (χ2v) is 5.49. The largest absolute Gasteiger partial charge is 0.496 e. The fourth-order valence-electron chi connectivity index (χ4n) is 1.96. The Kier molecular flexibility index (Phi) is 4.48. The average molecular weight is 320 g/mol. The molecule has 0 aliphatic rings. The molecule has 100 valence electrons. The fraction of sp³-hybridized carbons (Fsp3) is 0.250. The Hall–Kier alpha value is -1.48. The number of aryl methyl sites for hydroxylation is 2. The molecule has 0 aromatic heterocycles. The Labute approximate surface area is 122 Å². The van der Waals surface area contributed by atoms with Gasteiger partial charge in [0.1, 0.15) is 5.75 Å². The van der Waals surface area contributed by atoms with Gasteiger partial charge in [-0.15, -0.1) is 0 Å². The number of methoxy groups -OCH3 is 1. The standard InChI is InChI=1S/C16H18BrNO/c1-11-4-5-12(2)13(8-11)10-18-14-6-7-16(19-3)15(17)9-14/h4-9,18H,10H2,1-3H3. The van der Waals surface area contributed by atoms with Crippen LogP contribution in [0.15, 0.2) is 40.9 Å². The SMILES string of the molecule is COc1ccc(NCc2cc(C)ccc2C)cc1Br. The Morgan fingerprint density at radius 2 is 1.89 bits per heavy atom. The van der Waals surface area contributed by atoms with Gasteiger partial charge in [-0.3, -0.25) is 0 Å². The summed E-state index contributed by atoms with van der Waals surface area (Å²) in [4.78, 5) is 0. The Morgan fingerprint density at radius 3 is 2.58 bits per heavy atom. The molecule has 1 N–H and O–H groups in total. The molecule has 2 aromatic rings. The van der Waals surface area contributed by atoms with Crippen LogP contribution in [0.3, 0.4) is 0 Å². The lowest BCUT2D eigenvalue weighted by Crippen LogP contribution is -2.02. The first-order chi connectivity index (χ1) is 9.10. The summed E-state index contributed by atoms with van der Waals surface area (Å²) in [6.07, 6.45) is 0. The lowest BCUT2D eigenvalue weighted by Gasteiger charge is -2.11. The van der Waals surface area contributed by atoms with Crippen LogP contribution in [-0.2, 0) is 6.54 Å². The van der Waals surface area contributed by atoms with Crippen molar-refractivity contribution >= 4 is 21.6 Å². The Balaban J connectivity index is 2.10. The first-order valence-electron chi connectivity index (χ1n) is 6.23. The van der Waals surface area contributed by atoms with Crippen LogP contribution in [-0.4, -0.2) is 7.11 Å². The van der Waals surface area contributed by atoms with Gasteiger partial charge in [0.25, 0.3) is 0 Å². The highest BCUT2D eigenvalue weighted by Gasteiger charge is 2.02. The number of rotatable bonds is 4. The van der Waals surface area contributed by atoms with E-state index < -0.39 is 0 Å². The van der Waals surface area contributed by atoms with Gasteiger partial charge in [-0.05, 0) is 59.1 Å². The van der Waals surface area contributed by atoms with E-state index in [1.807, 2.05) is 18.2 Å². The van der Waals surface area contributed by atoms with Crippen molar-refractivity contribution in [1.29, 1.82) is 0 Å². The highest BCUT2D eigenvalue weighted by atomic mass is 79.9. The topological polar surface area (TPSA) is 21.3 Å². The number of halogens is 1. The number of ether oxygens (including phenoxy) is 1. The predicted octanol–water partition coefficient (Wildman–Crippen LogP) is 4.69. The van der Waals surface area contributed by atoms with Gasteiger partial charge in [0.05, 0.1) is 11.6 Å². The third-order valence-corrected chi connectivity index (χ3v) is 3.76. The number of hydrogen-bond acceptors (Lipinski definition) is 2. The van der Waals surface area contributed by atoms with Crippen LogP contribution in [0.5, 0.6) is 5.75 Å². The van der Waals surface area contributed by atoms with Crippen molar-refractivity contribution in [2.24, 2.45) is 0 Å². The highest BCUT2D eigenvalue weighted by molar-refractivity contribution is 9.10. The maximum Gasteiger partial charge on any atom is 0.133 e. The summed E-state index contributed by atoms with van der Waals surface area (Å²) in [5.74, 6) is 0.845. The molecular weight excluding hydrogens is 302 g/mol. The van der Waals surface area contributed by atoms with Crippen molar-refractivity contribution in [3.63, 3.8) is 0 Å². The van der Waals surface area contributed by atoms with E-state index in [9.17, 15) is 0 Å². The van der Waals surface area contributed by atoms with Gasteiger partial charge in [-0.1, -0.05) is 23.8 Å². The van der Waals surface area contributed by atoms with E-state index in [4.69, 9.17) is 4.74 Å². The smallest absolute Gasteiger partial charge is 0.133 e. The summed E-state index contributed by atoms with van der Waals surface area (Å²) in [5.41, 5.74) is 5.00. The average Bonchev–Trinajstić information content (AvgIpc) is 2.40. The maximum absolute atomic E-state index is 5.22. The lowest BCUT2D eigenvalue weighted by atomic mass is 10.1. The minimum Gasteiger partial charge on any atom is -0.496 e. The van der Waals surface area contributed by atoms with Crippen molar-refractivity contribution in [2.45, 2.75) is 20.4 Å². The van der Waals surface area contributed by atoms with Crippen LogP contribution in [0.25, 0.3) is 0 Å². The van der Waals surface area contributed by atoms with Gasteiger partial charge in [0.15, 0.2) is 0 Å². The van der Waals surface area contributed by atoms with Crippen LogP contribution >= 0.6 is 15.9 Å². The third-order valence-electron chi connectivity index (χ3n) is 3.14. The van der Waals surface area contributed by atoms with Crippen molar-refractivity contribution < 1.29 is 4.74 Å². The molecule has 0 unspecified atom stereocenters. The Bertz CT molecular complexity index is 581. The highest BCUT2D eigenvalue weighted by Crippen LogP contribution is 2.28. The Morgan fingerprint density at radius 1 is 1.11 bits per heavy atom. The molecule has 0 saturated carbocycles. The summed E-state index contributed by atoms with van der Waals surface area (Å²) < 4.78 is 6.18. The molecule has 0 atom stereocenters. The summed E-state index contributed by atoms with van der Waals surface area (Å²) in [5, 5.41) is 3.44. The summed E-state index contributed by atoms with van der Waals surface area (Å²) in [6, 6.07) is 12.5. The zero-order chi connectivity index (χ0) is 13.8. The molecule has 0 fully saturated rings. The quantitative estimate of drug-likeness (QED) is 0.883. The monoisotopic (exact) mass is 319 g/mol. The van der Waals surface area contributed by atoms with Gasteiger partial charge in [-0.25, -0.2) is 0 Å².